The lowest BCUT2D eigenvalue weighted by molar-refractivity contribution is -0.142. The second-order valence-electron chi connectivity index (χ2n) is 8.29. The Morgan fingerprint density at radius 2 is 1.82 bits per heavy atom. The first-order valence-corrected chi connectivity index (χ1v) is 12.1. The van der Waals surface area contributed by atoms with Crippen molar-refractivity contribution in [3.63, 3.8) is 0 Å². The molecule has 1 heterocycles. The predicted molar refractivity (Wildman–Crippen MR) is 138 cm³/mol. The number of nitrogens with zero attached hydrogens (tertiary/aromatic N) is 1. The molecule has 0 radical (unpaired) electrons. The van der Waals surface area contributed by atoms with Gasteiger partial charge in [-0.2, -0.15) is 0 Å². The Kier molecular flexibility index (Phi) is 8.33. The van der Waals surface area contributed by atoms with Gasteiger partial charge in [0.15, 0.2) is 0 Å². The summed E-state index contributed by atoms with van der Waals surface area (Å²) in [6.07, 6.45) is 1.92. The van der Waals surface area contributed by atoms with E-state index in [4.69, 9.17) is 9.73 Å². The molecule has 2 aromatic rings. The van der Waals surface area contributed by atoms with Crippen LogP contribution in [0.15, 0.2) is 53.2 Å². The van der Waals surface area contributed by atoms with Crippen LogP contribution in [0.2, 0.25) is 0 Å². The molecule has 33 heavy (non-hydrogen) atoms. The van der Waals surface area contributed by atoms with Crippen LogP contribution in [-0.4, -0.2) is 29.3 Å². The van der Waals surface area contributed by atoms with Gasteiger partial charge in [0.05, 0.1) is 35.2 Å². The van der Waals surface area contributed by atoms with Gasteiger partial charge in [0.1, 0.15) is 0 Å². The lowest BCUT2D eigenvalue weighted by atomic mass is 10.0. The monoisotopic (exact) mass is 465 g/mol. The Balaban J connectivity index is 1.74. The number of ether oxygens (including phenoxy) is 1. The first kappa shape index (κ1) is 24.6. The van der Waals surface area contributed by atoms with Crippen molar-refractivity contribution in [2.45, 2.75) is 47.0 Å². The van der Waals surface area contributed by atoms with Crippen molar-refractivity contribution in [2.75, 3.05) is 23.0 Å². The number of aliphatic imine (C=N–C) groups is 1. The van der Waals surface area contributed by atoms with Crippen LogP contribution in [0.25, 0.3) is 0 Å². The summed E-state index contributed by atoms with van der Waals surface area (Å²) in [7, 11) is 0. The number of benzene rings is 2. The van der Waals surface area contributed by atoms with Gasteiger partial charge in [-0.15, -0.1) is 0 Å². The number of anilines is 2. The van der Waals surface area contributed by atoms with Crippen molar-refractivity contribution in [3.05, 3.63) is 64.9 Å². The number of rotatable bonds is 7. The van der Waals surface area contributed by atoms with Gasteiger partial charge >= 0.3 is 5.97 Å². The molecule has 2 aromatic carbocycles. The van der Waals surface area contributed by atoms with E-state index in [-0.39, 0.29) is 24.1 Å². The Bertz CT molecular complexity index is 1090. The fraction of sp³-hybridized carbons (Fsp3) is 0.346. The molecule has 1 aliphatic heterocycles. The fourth-order valence-corrected chi connectivity index (χ4v) is 4.07. The molecule has 1 amide bonds. The van der Waals surface area contributed by atoms with E-state index in [9.17, 15) is 9.59 Å². The van der Waals surface area contributed by atoms with Crippen molar-refractivity contribution < 1.29 is 14.3 Å². The van der Waals surface area contributed by atoms with Crippen LogP contribution in [-0.2, 0) is 14.3 Å². The summed E-state index contributed by atoms with van der Waals surface area (Å²) >= 11 is 1.33. The number of hydrogen-bond acceptors (Lipinski definition) is 6. The maximum Gasteiger partial charge on any atom is 0.311 e. The standard InChI is InChI=1S/C26H31N3O3S/c1-6-32-26(31)14-21-13-25(29-23-12-18(5)17(4)11-22(23)27-21)33-15-24(30)28-20-9-7-19(8-10-20)16(2)3/h7-13,16,27H,6,14-15H2,1-5H3,(H,28,30). The van der Waals surface area contributed by atoms with Crippen LogP contribution >= 0.6 is 11.8 Å². The van der Waals surface area contributed by atoms with Crippen LogP contribution in [0.4, 0.5) is 17.1 Å². The highest BCUT2D eigenvalue weighted by Crippen LogP contribution is 2.34. The van der Waals surface area contributed by atoms with Gasteiger partial charge in [-0.1, -0.05) is 37.7 Å². The van der Waals surface area contributed by atoms with E-state index in [1.54, 1.807) is 6.92 Å². The zero-order valence-corrected chi connectivity index (χ0v) is 20.6. The van der Waals surface area contributed by atoms with Crippen molar-refractivity contribution in [1.29, 1.82) is 0 Å². The molecule has 0 spiro atoms. The SMILES string of the molecule is CCOC(=O)CC1=CC(SCC(=O)Nc2ccc(C(C)C)cc2)=Nc2cc(C)c(C)cc2N1. The summed E-state index contributed by atoms with van der Waals surface area (Å²) in [5, 5.41) is 6.92. The summed E-state index contributed by atoms with van der Waals surface area (Å²) in [4.78, 5) is 29.4. The summed E-state index contributed by atoms with van der Waals surface area (Å²) in [5.74, 6) is 0.222. The normalized spacial score (nSPS) is 12.8. The van der Waals surface area contributed by atoms with Gasteiger partial charge in [0.25, 0.3) is 0 Å². The smallest absolute Gasteiger partial charge is 0.311 e. The largest absolute Gasteiger partial charge is 0.466 e. The number of carbonyl (C=O) groups excluding carboxylic acids is 2. The topological polar surface area (TPSA) is 79.8 Å². The van der Waals surface area contributed by atoms with E-state index >= 15 is 0 Å². The maximum atomic E-state index is 12.6. The molecular formula is C26H31N3O3S. The van der Waals surface area contributed by atoms with Gasteiger partial charge in [-0.25, -0.2) is 4.99 Å². The quantitative estimate of drug-likeness (QED) is 0.484. The number of amides is 1. The van der Waals surface area contributed by atoms with E-state index in [1.807, 2.05) is 56.3 Å². The third kappa shape index (κ3) is 6.96. The minimum absolute atomic E-state index is 0.105. The van der Waals surface area contributed by atoms with Crippen molar-refractivity contribution in [3.8, 4) is 0 Å². The number of nitrogens with one attached hydrogen (secondary N) is 2. The highest BCUT2D eigenvalue weighted by atomic mass is 32.2. The van der Waals surface area contributed by atoms with E-state index < -0.39 is 0 Å². The Morgan fingerprint density at radius 1 is 1.12 bits per heavy atom. The van der Waals surface area contributed by atoms with Gasteiger partial charge in [0, 0.05) is 11.4 Å². The number of esters is 1. The average Bonchev–Trinajstić information content (AvgIpc) is 2.91. The zero-order chi connectivity index (χ0) is 24.0. The van der Waals surface area contributed by atoms with E-state index in [0.717, 1.165) is 28.2 Å². The minimum atomic E-state index is -0.310. The molecule has 174 valence electrons. The third-order valence-corrected chi connectivity index (χ3v) is 6.20. The number of carbonyl (C=O) groups is 2. The first-order chi connectivity index (χ1) is 15.7. The number of thioether (sulfide) groups is 1. The summed E-state index contributed by atoms with van der Waals surface area (Å²) < 4.78 is 5.11. The van der Waals surface area contributed by atoms with Gasteiger partial charge < -0.3 is 15.4 Å². The molecule has 0 bridgehead atoms. The highest BCUT2D eigenvalue weighted by molar-refractivity contribution is 8.14. The number of fused-ring (bicyclic) bond motifs is 1. The Hall–Kier alpha value is -3.06. The molecule has 0 atom stereocenters. The van der Waals surface area contributed by atoms with Crippen LogP contribution in [0.5, 0.6) is 0 Å². The second kappa shape index (κ2) is 11.2. The zero-order valence-electron chi connectivity index (χ0n) is 19.8. The average molecular weight is 466 g/mol. The van der Waals surface area contributed by atoms with Gasteiger partial charge in [0.2, 0.25) is 5.91 Å². The summed E-state index contributed by atoms with van der Waals surface area (Å²) in [6.45, 7) is 10.5. The minimum Gasteiger partial charge on any atom is -0.466 e. The molecule has 0 unspecified atom stereocenters. The van der Waals surface area contributed by atoms with E-state index in [1.165, 1.54) is 17.3 Å². The van der Waals surface area contributed by atoms with E-state index in [0.29, 0.717) is 23.3 Å². The highest BCUT2D eigenvalue weighted by Gasteiger charge is 2.17. The molecule has 0 aliphatic carbocycles. The van der Waals surface area contributed by atoms with Gasteiger partial charge in [-0.3, -0.25) is 9.59 Å². The van der Waals surface area contributed by atoms with Crippen LogP contribution in [0, 0.1) is 13.8 Å². The number of aryl methyl sites for hydroxylation is 2. The molecule has 0 aromatic heterocycles. The first-order valence-electron chi connectivity index (χ1n) is 11.1. The number of hydrogen-bond donors (Lipinski definition) is 2. The van der Waals surface area contributed by atoms with Crippen molar-refractivity contribution in [1.82, 2.24) is 0 Å². The van der Waals surface area contributed by atoms with Crippen molar-refractivity contribution >= 4 is 45.7 Å². The van der Waals surface area contributed by atoms with E-state index in [2.05, 4.69) is 24.5 Å². The van der Waals surface area contributed by atoms with Gasteiger partial charge in [-0.05, 0) is 73.7 Å². The second-order valence-corrected chi connectivity index (χ2v) is 9.29. The molecule has 2 N–H and O–H groups in total. The molecule has 0 saturated carbocycles. The molecular weight excluding hydrogens is 434 g/mol. The lowest BCUT2D eigenvalue weighted by Gasteiger charge is -2.12. The lowest BCUT2D eigenvalue weighted by Crippen LogP contribution is -2.15. The van der Waals surface area contributed by atoms with Crippen LogP contribution in [0.3, 0.4) is 0 Å². The fourth-order valence-electron chi connectivity index (χ4n) is 3.33. The van der Waals surface area contributed by atoms with Crippen LogP contribution < -0.4 is 10.6 Å². The predicted octanol–water partition coefficient (Wildman–Crippen LogP) is 6.09. The maximum absolute atomic E-state index is 12.6. The molecule has 0 fully saturated rings. The third-order valence-electron chi connectivity index (χ3n) is 5.29. The Morgan fingerprint density at radius 3 is 2.48 bits per heavy atom. The van der Waals surface area contributed by atoms with Crippen LogP contribution in [0.1, 0.15) is 49.8 Å². The molecule has 7 heteroatoms. The molecule has 0 saturated heterocycles. The Labute approximate surface area is 199 Å². The molecule has 6 nitrogen and oxygen atoms in total. The van der Waals surface area contributed by atoms with Crippen molar-refractivity contribution in [2.24, 2.45) is 4.99 Å². The summed E-state index contributed by atoms with van der Waals surface area (Å²) in [6, 6.07) is 11.9. The summed E-state index contributed by atoms with van der Waals surface area (Å²) in [5.41, 5.74) is 6.55. The molecule has 1 aliphatic rings. The molecule has 3 rings (SSSR count).